The third kappa shape index (κ3) is 4.37. The van der Waals surface area contributed by atoms with E-state index in [-0.39, 0.29) is 12.2 Å². The minimum Gasteiger partial charge on any atom is -0.480 e. The van der Waals surface area contributed by atoms with Crippen molar-refractivity contribution in [2.75, 3.05) is 13.7 Å². The Morgan fingerprint density at radius 1 is 1.35 bits per heavy atom. The van der Waals surface area contributed by atoms with Crippen molar-refractivity contribution in [1.82, 2.24) is 0 Å². The first-order valence-corrected chi connectivity index (χ1v) is 6.81. The van der Waals surface area contributed by atoms with Crippen LogP contribution in [-0.2, 0) is 9.53 Å². The molecule has 1 aromatic rings. The molecule has 0 unspecified atom stereocenters. The second-order valence-electron chi connectivity index (χ2n) is 3.45. The van der Waals surface area contributed by atoms with Crippen LogP contribution in [0.25, 0.3) is 6.08 Å². The van der Waals surface area contributed by atoms with Crippen LogP contribution >= 0.6 is 31.9 Å². The maximum Gasteiger partial charge on any atom is 0.343 e. The Morgan fingerprint density at radius 3 is 2.55 bits per heavy atom. The SMILES string of the molecule is COC(=O)COc1c(Br)cc(Br)cc1C=C(C#N)C#N. The quantitative estimate of drug-likeness (QED) is 0.573. The zero-order valence-corrected chi connectivity index (χ0v) is 13.5. The average Bonchev–Trinajstić information content (AvgIpc) is 2.43. The van der Waals surface area contributed by atoms with Crippen molar-refractivity contribution in [3.63, 3.8) is 0 Å². The molecule has 102 valence electrons. The van der Waals surface area contributed by atoms with Crippen LogP contribution in [0.3, 0.4) is 0 Å². The molecule has 0 radical (unpaired) electrons. The summed E-state index contributed by atoms with van der Waals surface area (Å²) in [5, 5.41) is 17.6. The van der Waals surface area contributed by atoms with E-state index in [9.17, 15) is 4.79 Å². The third-order valence-electron chi connectivity index (χ3n) is 2.14. The van der Waals surface area contributed by atoms with Crippen LogP contribution in [0.4, 0.5) is 0 Å². The molecule has 0 N–H and O–H groups in total. The van der Waals surface area contributed by atoms with Gasteiger partial charge in [-0.3, -0.25) is 0 Å². The maximum absolute atomic E-state index is 11.1. The molecule has 0 saturated carbocycles. The number of nitriles is 2. The minimum atomic E-state index is -0.532. The molecule has 0 aliphatic carbocycles. The van der Waals surface area contributed by atoms with Gasteiger partial charge in [-0.1, -0.05) is 15.9 Å². The minimum absolute atomic E-state index is 0.0714. The van der Waals surface area contributed by atoms with E-state index in [1.165, 1.54) is 13.2 Å². The number of ether oxygens (including phenoxy) is 2. The molecule has 20 heavy (non-hydrogen) atoms. The fourth-order valence-corrected chi connectivity index (χ4v) is 2.65. The summed E-state index contributed by atoms with van der Waals surface area (Å²) in [7, 11) is 1.26. The van der Waals surface area contributed by atoms with Crippen LogP contribution in [0.2, 0.25) is 0 Å². The van der Waals surface area contributed by atoms with Crippen molar-refractivity contribution in [1.29, 1.82) is 10.5 Å². The van der Waals surface area contributed by atoms with E-state index >= 15 is 0 Å². The normalized spacial score (nSPS) is 9.05. The fourth-order valence-electron chi connectivity index (χ4n) is 1.27. The molecule has 1 aromatic carbocycles. The molecule has 0 heterocycles. The van der Waals surface area contributed by atoms with Gasteiger partial charge in [-0.25, -0.2) is 4.79 Å². The number of hydrogen-bond acceptors (Lipinski definition) is 5. The lowest BCUT2D eigenvalue weighted by molar-refractivity contribution is -0.142. The van der Waals surface area contributed by atoms with E-state index in [0.29, 0.717) is 15.8 Å². The fraction of sp³-hybridized carbons (Fsp3) is 0.154. The van der Waals surface area contributed by atoms with E-state index in [1.54, 1.807) is 24.3 Å². The molecule has 0 bridgehead atoms. The molecule has 0 aliphatic rings. The molecule has 7 heteroatoms. The highest BCUT2D eigenvalue weighted by molar-refractivity contribution is 9.11. The summed E-state index contributed by atoms with van der Waals surface area (Å²) in [6, 6.07) is 6.93. The Morgan fingerprint density at radius 2 is 2.00 bits per heavy atom. The van der Waals surface area contributed by atoms with Gasteiger partial charge >= 0.3 is 5.97 Å². The number of carbonyl (C=O) groups excluding carboxylic acids is 1. The summed E-state index contributed by atoms with van der Waals surface area (Å²) in [5.41, 5.74) is 0.422. The van der Waals surface area contributed by atoms with Crippen molar-refractivity contribution >= 4 is 43.9 Å². The van der Waals surface area contributed by atoms with Crippen LogP contribution < -0.4 is 4.74 Å². The Hall–Kier alpha value is -1.83. The number of halogens is 2. The molecule has 0 saturated heterocycles. The molecule has 0 atom stereocenters. The Balaban J connectivity index is 3.22. The Bertz CT molecular complexity index is 626. The summed E-state index contributed by atoms with van der Waals surface area (Å²) in [4.78, 5) is 11.1. The lowest BCUT2D eigenvalue weighted by atomic mass is 10.1. The number of hydrogen-bond donors (Lipinski definition) is 0. The van der Waals surface area contributed by atoms with Gasteiger partial charge in [-0.15, -0.1) is 0 Å². The van der Waals surface area contributed by atoms with Crippen molar-refractivity contribution in [3.8, 4) is 17.9 Å². The predicted octanol–water partition coefficient (Wildman–Crippen LogP) is 3.19. The van der Waals surface area contributed by atoms with Gasteiger partial charge in [0.2, 0.25) is 0 Å². The third-order valence-corrected chi connectivity index (χ3v) is 3.19. The van der Waals surface area contributed by atoms with Crippen LogP contribution in [0, 0.1) is 22.7 Å². The van der Waals surface area contributed by atoms with Gasteiger partial charge < -0.3 is 9.47 Å². The highest BCUT2D eigenvalue weighted by Crippen LogP contribution is 2.34. The van der Waals surface area contributed by atoms with Crippen molar-refractivity contribution in [3.05, 3.63) is 32.2 Å². The first-order valence-electron chi connectivity index (χ1n) is 5.22. The first kappa shape index (κ1) is 16.2. The summed E-state index contributed by atoms with van der Waals surface area (Å²) < 4.78 is 11.2. The number of allylic oxidation sites excluding steroid dienone is 1. The van der Waals surface area contributed by atoms with Gasteiger partial charge in [0.25, 0.3) is 0 Å². The highest BCUT2D eigenvalue weighted by atomic mass is 79.9. The lowest BCUT2D eigenvalue weighted by Crippen LogP contribution is -2.13. The number of carbonyl (C=O) groups is 1. The zero-order chi connectivity index (χ0) is 15.1. The van der Waals surface area contributed by atoms with Gasteiger partial charge in [-0.05, 0) is 34.1 Å². The summed E-state index contributed by atoms with van der Waals surface area (Å²) >= 11 is 6.60. The summed E-state index contributed by atoms with van der Waals surface area (Å²) in [6.45, 7) is -0.272. The molecular weight excluding hydrogens is 392 g/mol. The standard InChI is InChI=1S/C13H8Br2N2O3/c1-19-12(18)7-20-13-9(2-8(5-16)6-17)3-10(14)4-11(13)15/h2-4H,7H2,1H3. The smallest absolute Gasteiger partial charge is 0.343 e. The van der Waals surface area contributed by atoms with Crippen LogP contribution in [-0.4, -0.2) is 19.7 Å². The van der Waals surface area contributed by atoms with E-state index < -0.39 is 5.97 Å². The van der Waals surface area contributed by atoms with E-state index in [0.717, 1.165) is 4.47 Å². The molecule has 5 nitrogen and oxygen atoms in total. The number of esters is 1. The number of methoxy groups -OCH3 is 1. The van der Waals surface area contributed by atoms with Crippen LogP contribution in [0.15, 0.2) is 26.7 Å². The largest absolute Gasteiger partial charge is 0.480 e. The Kier molecular flexibility index (Phi) is 6.23. The predicted molar refractivity (Wildman–Crippen MR) is 78.6 cm³/mol. The van der Waals surface area contributed by atoms with Crippen LogP contribution in [0.1, 0.15) is 5.56 Å². The summed E-state index contributed by atoms with van der Waals surface area (Å²) in [5.74, 6) is -0.183. The van der Waals surface area contributed by atoms with E-state index in [4.69, 9.17) is 15.3 Å². The molecule has 0 aromatic heterocycles. The molecule has 0 spiro atoms. The number of benzene rings is 1. The highest BCUT2D eigenvalue weighted by Gasteiger charge is 2.12. The van der Waals surface area contributed by atoms with Crippen LogP contribution in [0.5, 0.6) is 5.75 Å². The molecule has 0 amide bonds. The van der Waals surface area contributed by atoms with E-state index in [1.807, 2.05) is 0 Å². The molecule has 0 aliphatic heterocycles. The van der Waals surface area contributed by atoms with E-state index in [2.05, 4.69) is 36.6 Å². The van der Waals surface area contributed by atoms with Gasteiger partial charge in [0, 0.05) is 10.0 Å². The summed E-state index contributed by atoms with van der Waals surface area (Å²) in [6.07, 6.45) is 1.38. The first-order chi connectivity index (χ1) is 9.51. The zero-order valence-electron chi connectivity index (χ0n) is 10.3. The molecule has 0 fully saturated rings. The molecule has 1 rings (SSSR count). The van der Waals surface area contributed by atoms with Gasteiger partial charge in [0.1, 0.15) is 23.5 Å². The van der Waals surface area contributed by atoms with Crippen molar-refractivity contribution in [2.24, 2.45) is 0 Å². The second kappa shape index (κ2) is 7.68. The van der Waals surface area contributed by atoms with Crippen molar-refractivity contribution < 1.29 is 14.3 Å². The number of nitrogens with zero attached hydrogens (tertiary/aromatic N) is 2. The van der Waals surface area contributed by atoms with Gasteiger partial charge in [-0.2, -0.15) is 10.5 Å². The van der Waals surface area contributed by atoms with Crippen molar-refractivity contribution in [2.45, 2.75) is 0 Å². The monoisotopic (exact) mass is 398 g/mol. The topological polar surface area (TPSA) is 83.1 Å². The number of rotatable bonds is 4. The lowest BCUT2D eigenvalue weighted by Gasteiger charge is -2.11. The average molecular weight is 400 g/mol. The second-order valence-corrected chi connectivity index (χ2v) is 5.22. The maximum atomic E-state index is 11.1. The Labute approximate surface area is 132 Å². The van der Waals surface area contributed by atoms with Gasteiger partial charge in [0.15, 0.2) is 6.61 Å². The molecular formula is C13H8Br2N2O3. The van der Waals surface area contributed by atoms with Gasteiger partial charge in [0.05, 0.1) is 11.6 Å².